The van der Waals surface area contributed by atoms with Gasteiger partial charge in [-0.15, -0.1) is 0 Å². The number of nitrogens with one attached hydrogen (secondary N) is 1. The van der Waals surface area contributed by atoms with Crippen molar-refractivity contribution in [2.45, 2.75) is 26.4 Å². The van der Waals surface area contributed by atoms with Gasteiger partial charge < -0.3 is 9.88 Å². The number of nitrogens with zero attached hydrogens (tertiary/aromatic N) is 1. The Morgan fingerprint density at radius 2 is 1.81 bits per heavy atom. The molecule has 1 fully saturated rings. The van der Waals surface area contributed by atoms with Crippen LogP contribution in [0.5, 0.6) is 0 Å². The van der Waals surface area contributed by atoms with Crippen LogP contribution in [0.4, 0.5) is 13.2 Å². The number of piperidine rings is 1. The number of amides is 1. The molecule has 1 N–H and O–H groups in total. The molecular formula is C14H17F3N2O2. The zero-order valence-corrected chi connectivity index (χ0v) is 11.8. The highest BCUT2D eigenvalue weighted by atomic mass is 19.4. The Bertz CT molecular complexity index is 585. The Balaban J connectivity index is 2.26. The monoisotopic (exact) mass is 302 g/mol. The molecule has 21 heavy (non-hydrogen) atoms. The molecule has 2 rings (SSSR count). The van der Waals surface area contributed by atoms with Crippen molar-refractivity contribution in [1.29, 1.82) is 0 Å². The molecule has 1 saturated heterocycles. The van der Waals surface area contributed by atoms with E-state index in [4.69, 9.17) is 0 Å². The summed E-state index contributed by atoms with van der Waals surface area (Å²) in [6, 6.07) is 1.68. The van der Waals surface area contributed by atoms with Gasteiger partial charge in [-0.25, -0.2) is 0 Å². The van der Waals surface area contributed by atoms with Crippen molar-refractivity contribution < 1.29 is 18.0 Å². The minimum Gasteiger partial charge on any atom is -0.338 e. The standard InChI is InChI=1S/C14H17F3N2O2/c1-8-5-9(2)7-19(6-8)13(21)10-3-4-11(14(15,16)17)18-12(10)20/h3-4,8-9H,5-7H2,1-2H3,(H,18,20)/t8-,9+. The first-order valence-corrected chi connectivity index (χ1v) is 6.78. The number of carbonyl (C=O) groups excluding carboxylic acids is 1. The van der Waals surface area contributed by atoms with Gasteiger partial charge in [0.2, 0.25) is 0 Å². The highest BCUT2D eigenvalue weighted by Crippen LogP contribution is 2.27. The fourth-order valence-corrected chi connectivity index (χ4v) is 2.81. The fraction of sp³-hybridized carbons (Fsp3) is 0.571. The molecule has 0 spiro atoms. The number of aromatic nitrogens is 1. The van der Waals surface area contributed by atoms with Crippen LogP contribution in [-0.2, 0) is 6.18 Å². The van der Waals surface area contributed by atoms with Crippen LogP contribution in [0.25, 0.3) is 0 Å². The van der Waals surface area contributed by atoms with E-state index in [0.717, 1.165) is 18.6 Å². The summed E-state index contributed by atoms with van der Waals surface area (Å²) in [6.45, 7) is 5.05. The summed E-state index contributed by atoms with van der Waals surface area (Å²) in [5.74, 6) is 0.112. The van der Waals surface area contributed by atoms with E-state index in [1.165, 1.54) is 4.90 Å². The van der Waals surface area contributed by atoms with E-state index in [1.807, 2.05) is 13.8 Å². The first kappa shape index (κ1) is 15.6. The van der Waals surface area contributed by atoms with Gasteiger partial charge in [-0.2, -0.15) is 13.2 Å². The highest BCUT2D eigenvalue weighted by molar-refractivity contribution is 5.93. The third-order valence-electron chi connectivity index (χ3n) is 3.60. The molecule has 0 bridgehead atoms. The van der Waals surface area contributed by atoms with Gasteiger partial charge in [-0.05, 0) is 30.4 Å². The van der Waals surface area contributed by atoms with E-state index in [1.54, 1.807) is 4.98 Å². The van der Waals surface area contributed by atoms with Gasteiger partial charge in [0.15, 0.2) is 0 Å². The average Bonchev–Trinajstić information content (AvgIpc) is 2.35. The van der Waals surface area contributed by atoms with E-state index >= 15 is 0 Å². The van der Waals surface area contributed by atoms with Gasteiger partial charge in [0.1, 0.15) is 11.3 Å². The summed E-state index contributed by atoms with van der Waals surface area (Å²) in [6.07, 6.45) is -3.64. The maximum atomic E-state index is 12.5. The zero-order valence-electron chi connectivity index (χ0n) is 11.8. The van der Waals surface area contributed by atoms with Crippen LogP contribution in [0.2, 0.25) is 0 Å². The van der Waals surface area contributed by atoms with Crippen molar-refractivity contribution in [3.63, 3.8) is 0 Å². The molecule has 7 heteroatoms. The van der Waals surface area contributed by atoms with Crippen LogP contribution >= 0.6 is 0 Å². The van der Waals surface area contributed by atoms with E-state index < -0.39 is 23.3 Å². The summed E-state index contributed by atoms with van der Waals surface area (Å²) in [4.78, 5) is 27.3. The maximum absolute atomic E-state index is 12.5. The molecule has 0 aromatic carbocycles. The maximum Gasteiger partial charge on any atom is 0.431 e. The van der Waals surface area contributed by atoms with Crippen LogP contribution in [0.3, 0.4) is 0 Å². The molecule has 0 radical (unpaired) electrons. The van der Waals surface area contributed by atoms with Crippen molar-refractivity contribution in [3.8, 4) is 0 Å². The molecule has 116 valence electrons. The lowest BCUT2D eigenvalue weighted by Crippen LogP contribution is -2.44. The lowest BCUT2D eigenvalue weighted by molar-refractivity contribution is -0.141. The normalized spacial score (nSPS) is 23.2. The molecule has 0 unspecified atom stereocenters. The van der Waals surface area contributed by atoms with Gasteiger partial charge in [0.25, 0.3) is 11.5 Å². The second-order valence-corrected chi connectivity index (χ2v) is 5.77. The number of likely N-dealkylation sites (tertiary alicyclic amines) is 1. The molecule has 0 saturated carbocycles. The SMILES string of the molecule is C[C@@H]1C[C@H](C)CN(C(=O)c2ccc(C(F)(F)F)[nH]c2=O)C1. The molecule has 2 atom stereocenters. The van der Waals surface area contributed by atoms with Crippen molar-refractivity contribution in [3.05, 3.63) is 33.7 Å². The quantitative estimate of drug-likeness (QED) is 0.866. The summed E-state index contributed by atoms with van der Waals surface area (Å²) >= 11 is 0. The first-order valence-electron chi connectivity index (χ1n) is 6.78. The number of H-pyrrole nitrogens is 1. The number of rotatable bonds is 1. The molecule has 1 aromatic rings. The van der Waals surface area contributed by atoms with Gasteiger partial charge in [-0.1, -0.05) is 13.8 Å². The molecule has 2 heterocycles. The van der Waals surface area contributed by atoms with Crippen molar-refractivity contribution in [2.24, 2.45) is 11.8 Å². The third-order valence-corrected chi connectivity index (χ3v) is 3.60. The lowest BCUT2D eigenvalue weighted by Gasteiger charge is -2.34. The molecule has 1 aliphatic rings. The van der Waals surface area contributed by atoms with Gasteiger partial charge in [0, 0.05) is 13.1 Å². The van der Waals surface area contributed by atoms with Crippen molar-refractivity contribution >= 4 is 5.91 Å². The number of alkyl halides is 3. The lowest BCUT2D eigenvalue weighted by atomic mass is 9.91. The molecule has 1 aliphatic heterocycles. The third kappa shape index (κ3) is 3.46. The van der Waals surface area contributed by atoms with E-state index in [9.17, 15) is 22.8 Å². The number of pyridine rings is 1. The average molecular weight is 302 g/mol. The molecule has 1 aromatic heterocycles. The van der Waals surface area contributed by atoms with Gasteiger partial charge in [-0.3, -0.25) is 9.59 Å². The number of aromatic amines is 1. The predicted octanol–water partition coefficient (Wildman–Crippen LogP) is 2.51. The van der Waals surface area contributed by atoms with E-state index in [-0.39, 0.29) is 5.56 Å². The summed E-state index contributed by atoms with van der Waals surface area (Å²) < 4.78 is 37.5. The summed E-state index contributed by atoms with van der Waals surface area (Å²) in [7, 11) is 0. The Hall–Kier alpha value is -1.79. The Morgan fingerprint density at radius 1 is 1.24 bits per heavy atom. The Labute approximate surface area is 120 Å². The van der Waals surface area contributed by atoms with E-state index in [2.05, 4.69) is 0 Å². The second kappa shape index (κ2) is 5.54. The summed E-state index contributed by atoms with van der Waals surface area (Å²) in [5.41, 5.74) is -2.39. The van der Waals surface area contributed by atoms with E-state index in [0.29, 0.717) is 24.9 Å². The smallest absolute Gasteiger partial charge is 0.338 e. The van der Waals surface area contributed by atoms with Gasteiger partial charge >= 0.3 is 6.18 Å². The van der Waals surface area contributed by atoms with Crippen LogP contribution in [-0.4, -0.2) is 28.9 Å². The van der Waals surface area contributed by atoms with Crippen LogP contribution in [0.15, 0.2) is 16.9 Å². The molecule has 4 nitrogen and oxygen atoms in total. The van der Waals surface area contributed by atoms with Crippen LogP contribution < -0.4 is 5.56 Å². The number of hydrogen-bond acceptors (Lipinski definition) is 2. The first-order chi connectivity index (χ1) is 9.68. The van der Waals surface area contributed by atoms with Crippen LogP contribution in [0, 0.1) is 11.8 Å². The second-order valence-electron chi connectivity index (χ2n) is 5.77. The highest BCUT2D eigenvalue weighted by Gasteiger charge is 2.33. The predicted molar refractivity (Wildman–Crippen MR) is 70.9 cm³/mol. The summed E-state index contributed by atoms with van der Waals surface area (Å²) in [5, 5.41) is 0. The van der Waals surface area contributed by atoms with Crippen molar-refractivity contribution in [1.82, 2.24) is 9.88 Å². The molecule has 0 aliphatic carbocycles. The fourth-order valence-electron chi connectivity index (χ4n) is 2.81. The largest absolute Gasteiger partial charge is 0.431 e. The van der Waals surface area contributed by atoms with Gasteiger partial charge in [0.05, 0.1) is 0 Å². The molecular weight excluding hydrogens is 285 g/mol. The zero-order chi connectivity index (χ0) is 15.8. The number of halogens is 3. The number of carbonyl (C=O) groups is 1. The Kier molecular flexibility index (Phi) is 4.11. The number of hydrogen-bond donors (Lipinski definition) is 1. The minimum absolute atomic E-state index is 0.246. The van der Waals surface area contributed by atoms with Crippen LogP contribution in [0.1, 0.15) is 36.3 Å². The Morgan fingerprint density at radius 3 is 2.29 bits per heavy atom. The molecule has 1 amide bonds. The minimum atomic E-state index is -4.63. The topological polar surface area (TPSA) is 53.2 Å². The van der Waals surface area contributed by atoms with Crippen molar-refractivity contribution in [2.75, 3.05) is 13.1 Å².